The number of ether oxygens (including phenoxy) is 2. The summed E-state index contributed by atoms with van der Waals surface area (Å²) in [5.41, 5.74) is 1.76. The summed E-state index contributed by atoms with van der Waals surface area (Å²) in [7, 11) is 3.10. The topological polar surface area (TPSA) is 93.6 Å². The van der Waals surface area contributed by atoms with E-state index in [2.05, 4.69) is 15.3 Å². The Balaban J connectivity index is 1.92. The van der Waals surface area contributed by atoms with Crippen molar-refractivity contribution in [3.63, 3.8) is 0 Å². The van der Waals surface area contributed by atoms with E-state index in [1.807, 2.05) is 0 Å². The van der Waals surface area contributed by atoms with Crippen LogP contribution in [0.1, 0.15) is 15.9 Å². The molecule has 134 valence electrons. The van der Waals surface area contributed by atoms with Gasteiger partial charge in [0.25, 0.3) is 0 Å². The zero-order valence-corrected chi connectivity index (χ0v) is 14.9. The van der Waals surface area contributed by atoms with Crippen molar-refractivity contribution in [2.75, 3.05) is 19.5 Å². The van der Waals surface area contributed by atoms with Gasteiger partial charge in [-0.25, -0.2) is 14.8 Å². The second-order valence-electron chi connectivity index (χ2n) is 5.42. The predicted molar refractivity (Wildman–Crippen MR) is 98.4 cm³/mol. The summed E-state index contributed by atoms with van der Waals surface area (Å²) >= 11 is 6.03. The number of carboxylic acid groups (broad SMARTS) is 1. The number of methoxy groups -OCH3 is 2. The SMILES string of the molecule is COc1cc2nc(Cl)nc(NCc3ccc(C(=O)O)cc3)c2cc1OC. The molecule has 1 heterocycles. The molecule has 0 radical (unpaired) electrons. The maximum atomic E-state index is 10.9. The summed E-state index contributed by atoms with van der Waals surface area (Å²) in [5.74, 6) is 0.687. The van der Waals surface area contributed by atoms with Crippen LogP contribution in [0.4, 0.5) is 5.82 Å². The summed E-state index contributed by atoms with van der Waals surface area (Å²) in [6, 6.07) is 10.1. The lowest BCUT2D eigenvalue weighted by Crippen LogP contribution is -2.04. The first kappa shape index (κ1) is 17.8. The minimum absolute atomic E-state index is 0.105. The lowest BCUT2D eigenvalue weighted by Gasteiger charge is -2.13. The standard InChI is InChI=1S/C18H16ClN3O4/c1-25-14-7-12-13(8-15(14)26-2)21-18(19)22-16(12)20-9-10-3-5-11(6-4-10)17(23)24/h3-8H,9H2,1-2H3,(H,23,24)(H,20,21,22). The van der Waals surface area contributed by atoms with Gasteiger partial charge in [0.1, 0.15) is 5.82 Å². The van der Waals surface area contributed by atoms with Crippen molar-refractivity contribution in [2.45, 2.75) is 6.54 Å². The van der Waals surface area contributed by atoms with Crippen LogP contribution in [-0.2, 0) is 6.54 Å². The van der Waals surface area contributed by atoms with Crippen LogP contribution in [0.5, 0.6) is 11.5 Å². The Kier molecular flexibility index (Phi) is 5.09. The van der Waals surface area contributed by atoms with Crippen molar-refractivity contribution >= 4 is 34.3 Å². The van der Waals surface area contributed by atoms with Gasteiger partial charge in [0, 0.05) is 18.0 Å². The van der Waals surface area contributed by atoms with Crippen molar-refractivity contribution < 1.29 is 19.4 Å². The molecule has 3 aromatic rings. The van der Waals surface area contributed by atoms with Crippen LogP contribution in [-0.4, -0.2) is 35.3 Å². The maximum Gasteiger partial charge on any atom is 0.335 e. The van der Waals surface area contributed by atoms with Crippen molar-refractivity contribution in [1.82, 2.24) is 9.97 Å². The summed E-state index contributed by atoms with van der Waals surface area (Å²) in [6.07, 6.45) is 0. The number of nitrogens with zero attached hydrogens (tertiary/aromatic N) is 2. The Hall–Kier alpha value is -3.06. The molecule has 26 heavy (non-hydrogen) atoms. The number of halogens is 1. The Morgan fingerprint density at radius 3 is 2.38 bits per heavy atom. The van der Waals surface area contributed by atoms with Crippen molar-refractivity contribution in [2.24, 2.45) is 0 Å². The zero-order valence-electron chi connectivity index (χ0n) is 14.1. The smallest absolute Gasteiger partial charge is 0.335 e. The molecule has 0 atom stereocenters. The molecule has 0 amide bonds. The second-order valence-corrected chi connectivity index (χ2v) is 5.76. The number of anilines is 1. The number of hydrogen-bond acceptors (Lipinski definition) is 6. The zero-order chi connectivity index (χ0) is 18.7. The summed E-state index contributed by atoms with van der Waals surface area (Å²) < 4.78 is 10.6. The number of carboxylic acids is 1. The van der Waals surface area contributed by atoms with Crippen molar-refractivity contribution in [3.8, 4) is 11.5 Å². The van der Waals surface area contributed by atoms with E-state index in [-0.39, 0.29) is 10.8 Å². The van der Waals surface area contributed by atoms with Gasteiger partial charge in [0.15, 0.2) is 11.5 Å². The van der Waals surface area contributed by atoms with Gasteiger partial charge in [-0.3, -0.25) is 0 Å². The molecule has 2 aromatic carbocycles. The van der Waals surface area contributed by atoms with E-state index in [1.165, 1.54) is 0 Å². The molecule has 0 saturated carbocycles. The molecule has 7 nitrogen and oxygen atoms in total. The molecule has 0 spiro atoms. The van der Waals surface area contributed by atoms with Crippen molar-refractivity contribution in [3.05, 3.63) is 52.8 Å². The number of benzene rings is 2. The van der Waals surface area contributed by atoms with Crippen molar-refractivity contribution in [1.29, 1.82) is 0 Å². The first-order valence-electron chi connectivity index (χ1n) is 7.67. The van der Waals surface area contributed by atoms with Crippen LogP contribution in [0, 0.1) is 0 Å². The molecule has 3 rings (SSSR count). The van der Waals surface area contributed by atoms with E-state index < -0.39 is 5.97 Å². The Morgan fingerprint density at radius 2 is 1.77 bits per heavy atom. The average Bonchev–Trinajstić information content (AvgIpc) is 2.65. The fourth-order valence-electron chi connectivity index (χ4n) is 2.51. The summed E-state index contributed by atoms with van der Waals surface area (Å²) in [4.78, 5) is 19.4. The van der Waals surface area contributed by atoms with Crippen LogP contribution in [0.25, 0.3) is 10.9 Å². The highest BCUT2D eigenvalue weighted by molar-refractivity contribution is 6.28. The van der Waals surface area contributed by atoms with Gasteiger partial charge >= 0.3 is 5.97 Å². The molecule has 0 aliphatic rings. The molecule has 8 heteroatoms. The molecule has 1 aromatic heterocycles. The first-order chi connectivity index (χ1) is 12.5. The van der Waals surface area contributed by atoms with Gasteiger partial charge in [-0.1, -0.05) is 12.1 Å². The Morgan fingerprint density at radius 1 is 1.12 bits per heavy atom. The van der Waals surface area contributed by atoms with Gasteiger partial charge in [-0.05, 0) is 35.4 Å². The van der Waals surface area contributed by atoms with E-state index in [1.54, 1.807) is 50.6 Å². The van der Waals surface area contributed by atoms with Crippen LogP contribution in [0.2, 0.25) is 5.28 Å². The normalized spacial score (nSPS) is 10.6. The Labute approximate surface area is 154 Å². The number of rotatable bonds is 6. The quantitative estimate of drug-likeness (QED) is 0.637. The fraction of sp³-hybridized carbons (Fsp3) is 0.167. The highest BCUT2D eigenvalue weighted by atomic mass is 35.5. The van der Waals surface area contributed by atoms with E-state index in [0.29, 0.717) is 29.4 Å². The summed E-state index contributed by atoms with van der Waals surface area (Å²) in [5, 5.41) is 13.0. The number of aromatic nitrogens is 2. The van der Waals surface area contributed by atoms with Gasteiger partial charge in [0.2, 0.25) is 5.28 Å². The van der Waals surface area contributed by atoms with Gasteiger partial charge in [0.05, 0.1) is 25.3 Å². The monoisotopic (exact) mass is 373 g/mol. The molecule has 0 aliphatic carbocycles. The minimum Gasteiger partial charge on any atom is -0.493 e. The lowest BCUT2D eigenvalue weighted by atomic mass is 10.1. The largest absolute Gasteiger partial charge is 0.493 e. The minimum atomic E-state index is -0.959. The van der Waals surface area contributed by atoms with Crippen LogP contribution in [0.15, 0.2) is 36.4 Å². The number of aromatic carboxylic acids is 1. The molecule has 0 fully saturated rings. The number of carbonyl (C=O) groups is 1. The maximum absolute atomic E-state index is 10.9. The number of hydrogen-bond donors (Lipinski definition) is 2. The number of nitrogens with one attached hydrogen (secondary N) is 1. The third-order valence-electron chi connectivity index (χ3n) is 3.83. The highest BCUT2D eigenvalue weighted by Gasteiger charge is 2.13. The fourth-order valence-corrected chi connectivity index (χ4v) is 2.69. The van der Waals surface area contributed by atoms with E-state index in [0.717, 1.165) is 10.9 Å². The molecule has 0 saturated heterocycles. The average molecular weight is 374 g/mol. The van der Waals surface area contributed by atoms with E-state index >= 15 is 0 Å². The van der Waals surface area contributed by atoms with Crippen LogP contribution >= 0.6 is 11.6 Å². The van der Waals surface area contributed by atoms with Gasteiger partial charge in [-0.15, -0.1) is 0 Å². The molecule has 0 bridgehead atoms. The Bertz CT molecular complexity index is 961. The second kappa shape index (κ2) is 7.45. The predicted octanol–water partition coefficient (Wildman–Crippen LogP) is 3.61. The van der Waals surface area contributed by atoms with Gasteiger partial charge < -0.3 is 19.9 Å². The number of fused-ring (bicyclic) bond motifs is 1. The molecule has 2 N–H and O–H groups in total. The van der Waals surface area contributed by atoms with E-state index in [4.69, 9.17) is 26.2 Å². The third-order valence-corrected chi connectivity index (χ3v) is 4.00. The summed E-state index contributed by atoms with van der Waals surface area (Å²) in [6.45, 7) is 0.441. The molecular weight excluding hydrogens is 358 g/mol. The third kappa shape index (κ3) is 3.62. The van der Waals surface area contributed by atoms with Crippen LogP contribution < -0.4 is 14.8 Å². The molecule has 0 aliphatic heterocycles. The first-order valence-corrected chi connectivity index (χ1v) is 8.05. The van der Waals surface area contributed by atoms with E-state index in [9.17, 15) is 4.79 Å². The molecular formula is C18H16ClN3O4. The lowest BCUT2D eigenvalue weighted by molar-refractivity contribution is 0.0697. The molecule has 0 unspecified atom stereocenters. The van der Waals surface area contributed by atoms with Crippen LogP contribution in [0.3, 0.4) is 0 Å². The van der Waals surface area contributed by atoms with Gasteiger partial charge in [-0.2, -0.15) is 0 Å². The highest BCUT2D eigenvalue weighted by Crippen LogP contribution is 2.34.